The lowest BCUT2D eigenvalue weighted by molar-refractivity contribution is -0.150. The van der Waals surface area contributed by atoms with Gasteiger partial charge < -0.3 is 19.5 Å². The number of carbonyl (C=O) groups excluding carboxylic acids is 1. The van der Waals surface area contributed by atoms with Gasteiger partial charge in [-0.05, 0) is 109 Å². The van der Waals surface area contributed by atoms with Gasteiger partial charge in [-0.1, -0.05) is 134 Å². The molecular formula is C49H59N3O6S. The highest BCUT2D eigenvalue weighted by Gasteiger charge is 2.35. The monoisotopic (exact) mass is 817 g/mol. The van der Waals surface area contributed by atoms with Crippen molar-refractivity contribution in [1.29, 1.82) is 0 Å². The molecule has 59 heavy (non-hydrogen) atoms. The molecule has 3 N–H and O–H groups in total. The smallest absolute Gasteiger partial charge is 0.412 e. The molecule has 3 unspecified atom stereocenters. The van der Waals surface area contributed by atoms with E-state index < -0.39 is 28.4 Å². The summed E-state index contributed by atoms with van der Waals surface area (Å²) in [6.45, 7) is 4.09. The van der Waals surface area contributed by atoms with Gasteiger partial charge in [-0.3, -0.25) is 4.90 Å². The van der Waals surface area contributed by atoms with Gasteiger partial charge >= 0.3 is 6.09 Å². The second-order valence-corrected chi connectivity index (χ2v) is 17.0. The number of sulfonamides is 1. The van der Waals surface area contributed by atoms with Gasteiger partial charge in [0.2, 0.25) is 10.0 Å². The summed E-state index contributed by atoms with van der Waals surface area (Å²) in [5.74, 6) is 0.523. The largest absolute Gasteiger partial charge is 0.444 e. The van der Waals surface area contributed by atoms with E-state index in [0.29, 0.717) is 31.4 Å². The van der Waals surface area contributed by atoms with Crippen molar-refractivity contribution in [1.82, 2.24) is 10.2 Å². The Kier molecular flexibility index (Phi) is 16.7. The lowest BCUT2D eigenvalue weighted by Gasteiger charge is -2.37. The van der Waals surface area contributed by atoms with Crippen LogP contribution in [-0.2, 0) is 63.3 Å². The molecule has 1 amide bonds. The molecule has 0 fully saturated rings. The van der Waals surface area contributed by atoms with Crippen LogP contribution in [0.5, 0.6) is 0 Å². The predicted octanol–water partition coefficient (Wildman–Crippen LogP) is 8.99. The van der Waals surface area contributed by atoms with Crippen LogP contribution in [0.2, 0.25) is 0 Å². The highest BCUT2D eigenvalue weighted by atomic mass is 32.2. The third kappa shape index (κ3) is 13.6. The fourth-order valence-corrected chi connectivity index (χ4v) is 8.42. The Balaban J connectivity index is 1.29. The van der Waals surface area contributed by atoms with E-state index in [2.05, 4.69) is 36.5 Å². The lowest BCUT2D eigenvalue weighted by atomic mass is 9.78. The third-order valence-electron chi connectivity index (χ3n) is 11.1. The molecule has 4 atom stereocenters. The molecule has 5 aromatic rings. The van der Waals surface area contributed by atoms with Crippen LogP contribution in [0.15, 0.2) is 144 Å². The molecule has 0 saturated heterocycles. The maximum atomic E-state index is 14.4. The Bertz CT molecular complexity index is 2100. The number of nitrogens with one attached hydrogen (secondary N) is 1. The number of rotatable bonds is 22. The number of benzene rings is 5. The van der Waals surface area contributed by atoms with E-state index >= 15 is 0 Å². The first kappa shape index (κ1) is 43.7. The maximum absolute atomic E-state index is 14.4. The molecule has 1 aliphatic rings. The summed E-state index contributed by atoms with van der Waals surface area (Å²) >= 11 is 0. The summed E-state index contributed by atoms with van der Waals surface area (Å²) in [4.78, 5) is 16.1. The molecule has 0 aliphatic heterocycles. The summed E-state index contributed by atoms with van der Waals surface area (Å²) < 4.78 is 43.7. The quantitative estimate of drug-likeness (QED) is 0.0670. The Hall–Kier alpha value is -4.84. The zero-order chi connectivity index (χ0) is 41.3. The van der Waals surface area contributed by atoms with Gasteiger partial charge in [0.1, 0.15) is 12.7 Å². The number of primary sulfonamides is 1. The molecule has 0 aromatic heterocycles. The summed E-state index contributed by atoms with van der Waals surface area (Å²) in [6, 6.07) is 45.2. The van der Waals surface area contributed by atoms with Crippen molar-refractivity contribution in [3.63, 3.8) is 0 Å². The van der Waals surface area contributed by atoms with Crippen molar-refractivity contribution in [2.75, 3.05) is 13.1 Å². The third-order valence-corrected chi connectivity index (χ3v) is 12.1. The van der Waals surface area contributed by atoms with Crippen LogP contribution >= 0.6 is 0 Å². The molecule has 0 spiro atoms. The average molecular weight is 818 g/mol. The molecule has 5 aromatic carbocycles. The van der Waals surface area contributed by atoms with E-state index in [9.17, 15) is 13.2 Å². The predicted molar refractivity (Wildman–Crippen MR) is 233 cm³/mol. The summed E-state index contributed by atoms with van der Waals surface area (Å²) in [6.07, 6.45) is 5.38. The van der Waals surface area contributed by atoms with Crippen LogP contribution in [0, 0.1) is 5.92 Å². The number of nitrogens with zero attached hydrogens (tertiary/aromatic N) is 1. The number of ether oxygens (including phenoxy) is 3. The van der Waals surface area contributed by atoms with E-state index in [4.69, 9.17) is 19.3 Å². The van der Waals surface area contributed by atoms with E-state index in [0.717, 1.165) is 67.3 Å². The minimum absolute atomic E-state index is 0.0305. The second kappa shape index (κ2) is 22.5. The molecule has 0 radical (unpaired) electrons. The number of hydrogen-bond donors (Lipinski definition) is 2. The minimum atomic E-state index is -3.85. The van der Waals surface area contributed by atoms with Crippen molar-refractivity contribution in [3.8, 4) is 0 Å². The highest BCUT2D eigenvalue weighted by molar-refractivity contribution is 7.89. The lowest BCUT2D eigenvalue weighted by Crippen LogP contribution is -2.50. The highest BCUT2D eigenvalue weighted by Crippen LogP contribution is 2.30. The first-order valence-corrected chi connectivity index (χ1v) is 22.5. The van der Waals surface area contributed by atoms with E-state index in [-0.39, 0.29) is 24.7 Å². The van der Waals surface area contributed by atoms with Crippen LogP contribution < -0.4 is 10.5 Å². The van der Waals surface area contributed by atoms with Crippen LogP contribution in [0.4, 0.5) is 4.79 Å². The molecular weight excluding hydrogens is 759 g/mol. The van der Waals surface area contributed by atoms with E-state index in [1.807, 2.05) is 91.0 Å². The van der Waals surface area contributed by atoms with Gasteiger partial charge in [0, 0.05) is 12.6 Å². The molecule has 0 saturated carbocycles. The first-order chi connectivity index (χ1) is 28.8. The molecule has 1 aliphatic carbocycles. The van der Waals surface area contributed by atoms with Crippen molar-refractivity contribution in [2.24, 2.45) is 11.1 Å². The number of fused-ring (bicyclic) bond motifs is 1. The molecule has 312 valence electrons. The Morgan fingerprint density at radius 1 is 0.729 bits per heavy atom. The molecule has 9 nitrogen and oxygen atoms in total. The average Bonchev–Trinajstić information content (AvgIpc) is 3.27. The fraction of sp³-hybridized carbons (Fsp3) is 0.367. The van der Waals surface area contributed by atoms with Crippen LogP contribution in [0.3, 0.4) is 0 Å². The van der Waals surface area contributed by atoms with Crippen molar-refractivity contribution in [3.05, 3.63) is 173 Å². The molecule has 0 heterocycles. The second-order valence-electron chi connectivity index (χ2n) is 15.5. The SMILES string of the molecule is CCCN[C@@H](CCCC(OCc1ccccc1)C(OCc1ccccc1)N(CCc1ccc(S(N)(=O)=O)cc1)C(=O)OCc1ccccc1)C1CCc2ccccc2C1. The zero-order valence-electron chi connectivity index (χ0n) is 34.2. The maximum Gasteiger partial charge on any atom is 0.412 e. The van der Waals surface area contributed by atoms with Gasteiger partial charge in [0.05, 0.1) is 18.1 Å². The van der Waals surface area contributed by atoms with Gasteiger partial charge in [0.15, 0.2) is 6.23 Å². The summed E-state index contributed by atoms with van der Waals surface area (Å²) in [5, 5.41) is 9.29. The first-order valence-electron chi connectivity index (χ1n) is 21.0. The van der Waals surface area contributed by atoms with E-state index in [1.165, 1.54) is 23.3 Å². The van der Waals surface area contributed by atoms with Crippen LogP contribution in [-0.4, -0.2) is 50.9 Å². The molecule has 0 bridgehead atoms. The van der Waals surface area contributed by atoms with Crippen LogP contribution in [0.25, 0.3) is 0 Å². The van der Waals surface area contributed by atoms with Crippen molar-refractivity contribution < 1.29 is 27.4 Å². The zero-order valence-corrected chi connectivity index (χ0v) is 35.0. The Labute approximate surface area is 351 Å². The number of carbonyl (C=O) groups is 1. The van der Waals surface area contributed by atoms with Gasteiger partial charge in [-0.2, -0.15) is 0 Å². The minimum Gasteiger partial charge on any atom is -0.444 e. The normalized spacial score (nSPS) is 15.5. The van der Waals surface area contributed by atoms with Gasteiger partial charge in [-0.25, -0.2) is 18.4 Å². The number of nitrogens with two attached hydrogens (primary N) is 1. The molecule has 6 rings (SSSR count). The van der Waals surface area contributed by atoms with Gasteiger partial charge in [-0.15, -0.1) is 0 Å². The van der Waals surface area contributed by atoms with Crippen molar-refractivity contribution in [2.45, 2.75) is 101 Å². The fourth-order valence-electron chi connectivity index (χ4n) is 7.90. The van der Waals surface area contributed by atoms with Crippen LogP contribution in [0.1, 0.15) is 72.4 Å². The van der Waals surface area contributed by atoms with Gasteiger partial charge in [0.25, 0.3) is 0 Å². The number of amides is 1. The summed E-state index contributed by atoms with van der Waals surface area (Å²) in [5.41, 5.74) is 6.61. The molecule has 10 heteroatoms. The Morgan fingerprint density at radius 3 is 1.92 bits per heavy atom. The number of hydrogen-bond acceptors (Lipinski definition) is 7. The number of aryl methyl sites for hydroxylation is 1. The Morgan fingerprint density at radius 2 is 1.31 bits per heavy atom. The topological polar surface area (TPSA) is 120 Å². The van der Waals surface area contributed by atoms with Crippen molar-refractivity contribution >= 4 is 16.1 Å². The van der Waals surface area contributed by atoms with E-state index in [1.54, 1.807) is 17.0 Å². The standard InChI is InChI=1S/C49H59N3O6S/c1-2-32-51-46(44-28-27-42-21-12-13-22-43(42)34-44)23-14-24-47(56-35-39-15-6-3-7-16-39)48(57-36-40-17-8-4-9-18-40)52(49(53)58-37-41-19-10-5-11-20-41)33-31-38-25-29-45(30-26-38)59(50,54)55/h3-13,15-22,25-26,29-30,44,46-48,51H,2,14,23-24,27-28,31-37H2,1H3,(H2,50,54,55)/t44?,46-,47?,48?/m0/s1. The summed E-state index contributed by atoms with van der Waals surface area (Å²) in [7, 11) is -3.85.